The minimum atomic E-state index is 0.817. The third-order valence-corrected chi connectivity index (χ3v) is 3.94. The van der Waals surface area contributed by atoms with Crippen LogP contribution in [0.1, 0.15) is 5.56 Å². The van der Waals surface area contributed by atoms with Gasteiger partial charge in [0.15, 0.2) is 0 Å². The van der Waals surface area contributed by atoms with E-state index in [1.165, 1.54) is 4.90 Å². The van der Waals surface area contributed by atoms with Crippen molar-refractivity contribution in [3.05, 3.63) is 48.3 Å². The van der Waals surface area contributed by atoms with Crippen LogP contribution >= 0.6 is 11.8 Å². The molecule has 0 aliphatic heterocycles. The number of aromatic nitrogens is 2. The zero-order valence-corrected chi connectivity index (χ0v) is 11.7. The van der Waals surface area contributed by atoms with Crippen molar-refractivity contribution in [3.63, 3.8) is 0 Å². The number of aryl methyl sites for hydroxylation is 1. The maximum atomic E-state index is 5.85. The van der Waals surface area contributed by atoms with Crippen LogP contribution in [0.2, 0.25) is 0 Å². The first-order valence-electron chi connectivity index (χ1n) is 6.06. The second-order valence-electron chi connectivity index (χ2n) is 4.53. The van der Waals surface area contributed by atoms with Crippen LogP contribution in [-0.4, -0.2) is 15.6 Å². The fraction of sp³-hybridized carbons (Fsp3) is 0.133. The molecule has 1 aromatic carbocycles. The Bertz CT molecular complexity index is 746. The maximum Gasteiger partial charge on any atom is 0.137 e. The van der Waals surface area contributed by atoms with Gasteiger partial charge in [0.2, 0.25) is 0 Å². The molecule has 0 bridgehead atoms. The van der Waals surface area contributed by atoms with Gasteiger partial charge in [-0.15, -0.1) is 11.8 Å². The van der Waals surface area contributed by atoms with Crippen molar-refractivity contribution in [2.75, 3.05) is 12.0 Å². The molecule has 3 aromatic rings. The topological polar surface area (TPSA) is 43.3 Å². The Hall–Kier alpha value is -1.94. The number of nitrogens with zero attached hydrogens (tertiary/aromatic N) is 2. The number of rotatable bonds is 2. The lowest BCUT2D eigenvalue weighted by Crippen LogP contribution is -1.89. The van der Waals surface area contributed by atoms with Crippen LogP contribution in [0.3, 0.4) is 0 Å². The van der Waals surface area contributed by atoms with E-state index in [1.54, 1.807) is 11.8 Å². The molecule has 19 heavy (non-hydrogen) atoms. The summed E-state index contributed by atoms with van der Waals surface area (Å²) in [5.41, 5.74) is 10.8. The van der Waals surface area contributed by atoms with E-state index in [2.05, 4.69) is 40.2 Å². The lowest BCUT2D eigenvalue weighted by atomic mass is 10.1. The molecule has 0 aliphatic rings. The van der Waals surface area contributed by atoms with Crippen LogP contribution in [0.4, 0.5) is 5.69 Å². The van der Waals surface area contributed by atoms with Gasteiger partial charge in [-0.05, 0) is 43.0 Å². The van der Waals surface area contributed by atoms with Crippen molar-refractivity contribution in [1.29, 1.82) is 0 Å². The Morgan fingerprint density at radius 2 is 2.00 bits per heavy atom. The van der Waals surface area contributed by atoms with Crippen LogP contribution in [0.15, 0.2) is 47.6 Å². The second kappa shape index (κ2) is 4.63. The molecule has 0 atom stereocenters. The van der Waals surface area contributed by atoms with E-state index in [-0.39, 0.29) is 0 Å². The van der Waals surface area contributed by atoms with Crippen LogP contribution in [0.5, 0.6) is 0 Å². The van der Waals surface area contributed by atoms with Gasteiger partial charge < -0.3 is 10.1 Å². The summed E-state index contributed by atoms with van der Waals surface area (Å²) in [6.45, 7) is 2.01. The number of hydrogen-bond acceptors (Lipinski definition) is 3. The molecule has 0 amide bonds. The Balaban J connectivity index is 2.11. The molecule has 0 aliphatic carbocycles. The summed E-state index contributed by atoms with van der Waals surface area (Å²) in [6, 6.07) is 10.2. The molecule has 2 heterocycles. The number of anilines is 1. The number of pyridine rings is 1. The fourth-order valence-corrected chi connectivity index (χ4v) is 2.49. The van der Waals surface area contributed by atoms with Gasteiger partial charge in [0, 0.05) is 28.5 Å². The van der Waals surface area contributed by atoms with E-state index in [0.717, 1.165) is 28.2 Å². The van der Waals surface area contributed by atoms with Gasteiger partial charge >= 0.3 is 0 Å². The third-order valence-electron chi connectivity index (χ3n) is 3.23. The average molecular weight is 269 g/mol. The van der Waals surface area contributed by atoms with Crippen molar-refractivity contribution < 1.29 is 0 Å². The number of benzene rings is 1. The first kappa shape index (κ1) is 12.1. The van der Waals surface area contributed by atoms with Crippen molar-refractivity contribution in [2.24, 2.45) is 0 Å². The molecule has 0 saturated carbocycles. The molecule has 0 radical (unpaired) electrons. The summed E-state index contributed by atoms with van der Waals surface area (Å²) in [5.74, 6) is 0. The molecule has 2 aromatic heterocycles. The zero-order valence-electron chi connectivity index (χ0n) is 10.9. The van der Waals surface area contributed by atoms with Crippen molar-refractivity contribution in [2.45, 2.75) is 11.8 Å². The van der Waals surface area contributed by atoms with E-state index in [9.17, 15) is 0 Å². The van der Waals surface area contributed by atoms with E-state index in [0.29, 0.717) is 0 Å². The molecule has 2 N–H and O–H groups in total. The smallest absolute Gasteiger partial charge is 0.137 e. The van der Waals surface area contributed by atoms with Gasteiger partial charge in [0.1, 0.15) is 5.65 Å². The molecule has 0 saturated heterocycles. The maximum absolute atomic E-state index is 5.85. The Labute approximate surface area is 116 Å². The highest BCUT2D eigenvalue weighted by atomic mass is 32.2. The van der Waals surface area contributed by atoms with Gasteiger partial charge in [-0.25, -0.2) is 4.98 Å². The van der Waals surface area contributed by atoms with Gasteiger partial charge in [-0.2, -0.15) is 0 Å². The first-order chi connectivity index (χ1) is 9.17. The van der Waals surface area contributed by atoms with Crippen LogP contribution in [0, 0.1) is 6.92 Å². The number of nitrogen functional groups attached to an aromatic ring is 1. The minimum Gasteiger partial charge on any atom is -0.399 e. The molecule has 96 valence electrons. The lowest BCUT2D eigenvalue weighted by molar-refractivity contribution is 1.13. The predicted molar refractivity (Wildman–Crippen MR) is 81.6 cm³/mol. The Morgan fingerprint density at radius 1 is 1.16 bits per heavy atom. The van der Waals surface area contributed by atoms with Gasteiger partial charge in [-0.1, -0.05) is 6.07 Å². The summed E-state index contributed by atoms with van der Waals surface area (Å²) in [6.07, 6.45) is 6.23. The van der Waals surface area contributed by atoms with Crippen molar-refractivity contribution in [3.8, 4) is 11.3 Å². The highest BCUT2D eigenvalue weighted by molar-refractivity contribution is 7.98. The number of thioether (sulfide) groups is 1. The summed E-state index contributed by atoms with van der Waals surface area (Å²) >= 11 is 1.73. The van der Waals surface area contributed by atoms with Gasteiger partial charge in [-0.3, -0.25) is 0 Å². The standard InChI is InChI=1S/C15H15N3S/c1-10-7-11(3-5-13(10)16)14-9-18-8-12(19-2)4-6-15(18)17-14/h3-9H,16H2,1-2H3. The summed E-state index contributed by atoms with van der Waals surface area (Å²) < 4.78 is 2.06. The number of nitrogens with two attached hydrogens (primary N) is 1. The normalized spacial score (nSPS) is 11.1. The van der Waals surface area contributed by atoms with Crippen molar-refractivity contribution in [1.82, 2.24) is 9.38 Å². The van der Waals surface area contributed by atoms with Gasteiger partial charge in [0.05, 0.1) is 5.69 Å². The fourth-order valence-electron chi connectivity index (χ4n) is 2.07. The first-order valence-corrected chi connectivity index (χ1v) is 7.29. The van der Waals surface area contributed by atoms with Crippen LogP contribution in [0.25, 0.3) is 16.9 Å². The number of imidazole rings is 1. The molecule has 0 unspecified atom stereocenters. The highest BCUT2D eigenvalue weighted by Crippen LogP contribution is 2.24. The minimum absolute atomic E-state index is 0.817. The summed E-state index contributed by atoms with van der Waals surface area (Å²) in [5, 5.41) is 0. The molecule has 0 spiro atoms. The molecule has 3 rings (SSSR count). The molecular formula is C15H15N3S. The van der Waals surface area contributed by atoms with Crippen LogP contribution in [-0.2, 0) is 0 Å². The SMILES string of the molecule is CSc1ccc2nc(-c3ccc(N)c(C)c3)cn2c1. The molecule has 4 heteroatoms. The lowest BCUT2D eigenvalue weighted by Gasteiger charge is -2.01. The van der Waals surface area contributed by atoms with Crippen molar-refractivity contribution >= 4 is 23.1 Å². The quantitative estimate of drug-likeness (QED) is 0.571. The zero-order chi connectivity index (χ0) is 13.4. The van der Waals surface area contributed by atoms with E-state index in [1.807, 2.05) is 25.1 Å². The number of fused-ring (bicyclic) bond motifs is 1. The van der Waals surface area contributed by atoms with E-state index >= 15 is 0 Å². The van der Waals surface area contributed by atoms with E-state index < -0.39 is 0 Å². The largest absolute Gasteiger partial charge is 0.399 e. The van der Waals surface area contributed by atoms with Gasteiger partial charge in [0.25, 0.3) is 0 Å². The molecule has 0 fully saturated rings. The molecule has 3 nitrogen and oxygen atoms in total. The monoisotopic (exact) mass is 269 g/mol. The van der Waals surface area contributed by atoms with Crippen LogP contribution < -0.4 is 5.73 Å². The Kier molecular flexibility index (Phi) is 2.95. The van der Waals surface area contributed by atoms with E-state index in [4.69, 9.17) is 5.73 Å². The average Bonchev–Trinajstić information content (AvgIpc) is 2.84. The third kappa shape index (κ3) is 2.19. The summed E-state index contributed by atoms with van der Waals surface area (Å²) in [7, 11) is 0. The number of hydrogen-bond donors (Lipinski definition) is 1. The Morgan fingerprint density at radius 3 is 2.74 bits per heavy atom. The predicted octanol–water partition coefficient (Wildman–Crippen LogP) is 3.61. The second-order valence-corrected chi connectivity index (χ2v) is 5.41. The highest BCUT2D eigenvalue weighted by Gasteiger charge is 2.06. The summed E-state index contributed by atoms with van der Waals surface area (Å²) in [4.78, 5) is 5.87. The molecular weight excluding hydrogens is 254 g/mol.